The fourth-order valence-electron chi connectivity index (χ4n) is 1.77. The number of aromatic nitrogens is 1. The SMILES string of the molecule is COc1ccc(NC(=O)c2nc(Cl)c(Cl)c(Cl)c2Cl)cc1OC(F)F. The molecule has 0 atom stereocenters. The Labute approximate surface area is 160 Å². The number of benzene rings is 1. The van der Waals surface area contributed by atoms with Gasteiger partial charge in [0.1, 0.15) is 10.8 Å². The number of hydrogen-bond acceptors (Lipinski definition) is 4. The van der Waals surface area contributed by atoms with Crippen LogP contribution in [-0.2, 0) is 0 Å². The Morgan fingerprint density at radius 1 is 1.12 bits per heavy atom. The van der Waals surface area contributed by atoms with Gasteiger partial charge in [-0.25, -0.2) is 4.98 Å². The molecule has 0 saturated carbocycles. The standard InChI is InChI=1S/C14H8Cl4F2N2O3/c1-24-6-3-2-5(4-7(6)25-14(19)20)21-13(23)11-9(16)8(15)10(17)12(18)22-11/h2-4,14H,1H3,(H,21,23). The molecule has 0 spiro atoms. The van der Waals surface area contributed by atoms with Crippen molar-refractivity contribution in [1.82, 2.24) is 4.98 Å². The molecule has 1 heterocycles. The van der Waals surface area contributed by atoms with Gasteiger partial charge >= 0.3 is 6.61 Å². The number of pyridine rings is 1. The molecule has 11 heteroatoms. The van der Waals surface area contributed by atoms with E-state index in [0.717, 1.165) is 6.07 Å². The van der Waals surface area contributed by atoms with E-state index in [-0.39, 0.29) is 43.1 Å². The third kappa shape index (κ3) is 4.55. The monoisotopic (exact) mass is 430 g/mol. The highest BCUT2D eigenvalue weighted by atomic mass is 35.5. The van der Waals surface area contributed by atoms with E-state index < -0.39 is 12.5 Å². The van der Waals surface area contributed by atoms with Crippen molar-refractivity contribution < 1.29 is 23.0 Å². The fourth-order valence-corrected chi connectivity index (χ4v) is 2.58. The number of carbonyl (C=O) groups excluding carboxylic acids is 1. The highest BCUT2D eigenvalue weighted by Crippen LogP contribution is 2.37. The molecule has 134 valence electrons. The van der Waals surface area contributed by atoms with Gasteiger partial charge in [0.05, 0.1) is 22.2 Å². The third-order valence-corrected chi connectivity index (χ3v) is 4.51. The number of alkyl halides is 2. The summed E-state index contributed by atoms with van der Waals surface area (Å²) >= 11 is 23.4. The van der Waals surface area contributed by atoms with E-state index in [1.54, 1.807) is 0 Å². The van der Waals surface area contributed by atoms with Gasteiger partial charge in [-0.3, -0.25) is 4.79 Å². The number of carbonyl (C=O) groups is 1. The molecule has 0 aliphatic carbocycles. The summed E-state index contributed by atoms with van der Waals surface area (Å²) in [7, 11) is 1.29. The van der Waals surface area contributed by atoms with Crippen LogP contribution in [-0.4, -0.2) is 24.6 Å². The summed E-state index contributed by atoms with van der Waals surface area (Å²) in [5, 5.41) is 1.77. The Kier molecular flexibility index (Phi) is 6.51. The topological polar surface area (TPSA) is 60.5 Å². The first kappa shape index (κ1) is 19.8. The van der Waals surface area contributed by atoms with Crippen molar-refractivity contribution in [2.75, 3.05) is 12.4 Å². The Hall–Kier alpha value is -1.54. The number of hydrogen-bond donors (Lipinski definition) is 1. The van der Waals surface area contributed by atoms with Gasteiger partial charge in [0, 0.05) is 11.8 Å². The number of anilines is 1. The molecule has 1 N–H and O–H groups in total. The van der Waals surface area contributed by atoms with Crippen molar-refractivity contribution in [2.24, 2.45) is 0 Å². The van der Waals surface area contributed by atoms with E-state index in [1.807, 2.05) is 0 Å². The maximum Gasteiger partial charge on any atom is 0.387 e. The molecule has 2 rings (SSSR count). The molecule has 0 aliphatic rings. The lowest BCUT2D eigenvalue weighted by molar-refractivity contribution is -0.0511. The van der Waals surface area contributed by atoms with Gasteiger partial charge in [-0.1, -0.05) is 46.4 Å². The van der Waals surface area contributed by atoms with E-state index >= 15 is 0 Å². The summed E-state index contributed by atoms with van der Waals surface area (Å²) in [4.78, 5) is 16.1. The first-order valence-electron chi connectivity index (χ1n) is 6.38. The largest absolute Gasteiger partial charge is 0.493 e. The lowest BCUT2D eigenvalue weighted by Gasteiger charge is -2.13. The highest BCUT2D eigenvalue weighted by molar-refractivity contribution is 6.52. The van der Waals surface area contributed by atoms with Crippen molar-refractivity contribution in [1.29, 1.82) is 0 Å². The molecule has 5 nitrogen and oxygen atoms in total. The van der Waals surface area contributed by atoms with Gasteiger partial charge < -0.3 is 14.8 Å². The van der Waals surface area contributed by atoms with Crippen LogP contribution >= 0.6 is 46.4 Å². The van der Waals surface area contributed by atoms with Crippen molar-refractivity contribution in [3.63, 3.8) is 0 Å². The number of nitrogens with one attached hydrogen (secondary N) is 1. The molecule has 0 unspecified atom stereocenters. The summed E-state index contributed by atoms with van der Waals surface area (Å²) in [6.45, 7) is -3.06. The minimum Gasteiger partial charge on any atom is -0.493 e. The summed E-state index contributed by atoms with van der Waals surface area (Å²) < 4.78 is 34.1. The molecule has 1 aromatic carbocycles. The molecule has 25 heavy (non-hydrogen) atoms. The molecule has 0 radical (unpaired) electrons. The highest BCUT2D eigenvalue weighted by Gasteiger charge is 2.21. The number of nitrogens with zero attached hydrogens (tertiary/aromatic N) is 1. The number of ether oxygens (including phenoxy) is 2. The number of methoxy groups -OCH3 is 1. The van der Waals surface area contributed by atoms with Crippen molar-refractivity contribution >= 4 is 58.0 Å². The number of amides is 1. The number of rotatable bonds is 5. The first-order valence-corrected chi connectivity index (χ1v) is 7.90. The predicted octanol–water partition coefficient (Wildman–Crippen LogP) is 5.56. The van der Waals surface area contributed by atoms with E-state index in [4.69, 9.17) is 51.1 Å². The Balaban J connectivity index is 2.32. The average Bonchev–Trinajstić information content (AvgIpc) is 2.56. The van der Waals surface area contributed by atoms with Crippen LogP contribution in [0.3, 0.4) is 0 Å². The van der Waals surface area contributed by atoms with Gasteiger partial charge in [-0.15, -0.1) is 0 Å². The second-order valence-corrected chi connectivity index (χ2v) is 5.88. The normalized spacial score (nSPS) is 10.7. The fraction of sp³-hybridized carbons (Fsp3) is 0.143. The Bertz CT molecular complexity index is 821. The zero-order valence-electron chi connectivity index (χ0n) is 12.2. The summed E-state index contributed by atoms with van der Waals surface area (Å²) in [6, 6.07) is 3.89. The molecular weight excluding hydrogens is 424 g/mol. The smallest absolute Gasteiger partial charge is 0.387 e. The van der Waals surface area contributed by atoms with Gasteiger partial charge in [0.15, 0.2) is 11.5 Å². The predicted molar refractivity (Wildman–Crippen MR) is 91.9 cm³/mol. The third-order valence-electron chi connectivity index (χ3n) is 2.84. The zero-order chi connectivity index (χ0) is 18.7. The van der Waals surface area contributed by atoms with E-state index in [9.17, 15) is 13.6 Å². The average molecular weight is 432 g/mol. The zero-order valence-corrected chi connectivity index (χ0v) is 15.3. The summed E-state index contributed by atoms with van der Waals surface area (Å²) in [5.41, 5.74) is -0.158. The summed E-state index contributed by atoms with van der Waals surface area (Å²) in [6.07, 6.45) is 0. The van der Waals surface area contributed by atoms with Crippen LogP contribution in [0.15, 0.2) is 18.2 Å². The van der Waals surface area contributed by atoms with Gasteiger partial charge in [-0.05, 0) is 12.1 Å². The van der Waals surface area contributed by atoms with Crippen molar-refractivity contribution in [3.8, 4) is 11.5 Å². The van der Waals surface area contributed by atoms with Crippen LogP contribution in [0.5, 0.6) is 11.5 Å². The molecular formula is C14H8Cl4F2N2O3. The second kappa shape index (κ2) is 8.23. The minimum atomic E-state index is -3.06. The lowest BCUT2D eigenvalue weighted by atomic mass is 10.2. The van der Waals surface area contributed by atoms with Crippen LogP contribution in [0, 0.1) is 0 Å². The van der Waals surface area contributed by atoms with Crippen LogP contribution in [0.25, 0.3) is 0 Å². The molecule has 1 aromatic heterocycles. The van der Waals surface area contributed by atoms with Crippen LogP contribution in [0.4, 0.5) is 14.5 Å². The van der Waals surface area contributed by atoms with E-state index in [2.05, 4.69) is 15.0 Å². The molecule has 0 saturated heterocycles. The van der Waals surface area contributed by atoms with E-state index in [1.165, 1.54) is 19.2 Å². The molecule has 1 amide bonds. The Morgan fingerprint density at radius 3 is 2.40 bits per heavy atom. The molecule has 0 bridgehead atoms. The van der Waals surface area contributed by atoms with E-state index in [0.29, 0.717) is 0 Å². The molecule has 2 aromatic rings. The second-order valence-electron chi connectivity index (χ2n) is 4.39. The Morgan fingerprint density at radius 2 is 1.80 bits per heavy atom. The lowest BCUT2D eigenvalue weighted by Crippen LogP contribution is -2.15. The van der Waals surface area contributed by atoms with Gasteiger partial charge in [0.2, 0.25) is 0 Å². The van der Waals surface area contributed by atoms with Gasteiger partial charge in [-0.2, -0.15) is 8.78 Å². The summed E-state index contributed by atoms with van der Waals surface area (Å²) in [5.74, 6) is -0.979. The van der Waals surface area contributed by atoms with Gasteiger partial charge in [0.25, 0.3) is 5.91 Å². The quantitative estimate of drug-likeness (QED) is 0.629. The van der Waals surface area contributed by atoms with Crippen LogP contribution < -0.4 is 14.8 Å². The first-order chi connectivity index (χ1) is 11.7. The minimum absolute atomic E-state index is 0.0621. The maximum absolute atomic E-state index is 12.4. The van der Waals surface area contributed by atoms with Crippen molar-refractivity contribution in [2.45, 2.75) is 6.61 Å². The number of halogens is 6. The molecule has 0 fully saturated rings. The van der Waals surface area contributed by atoms with Crippen molar-refractivity contribution in [3.05, 3.63) is 44.1 Å². The molecule has 0 aliphatic heterocycles. The van der Waals surface area contributed by atoms with Crippen LogP contribution in [0.2, 0.25) is 20.2 Å². The van der Waals surface area contributed by atoms with Crippen LogP contribution in [0.1, 0.15) is 10.5 Å². The maximum atomic E-state index is 12.4.